The highest BCUT2D eigenvalue weighted by Gasteiger charge is 2.10. The fraction of sp³-hybridized carbons (Fsp3) is 0.786. The Morgan fingerprint density at radius 2 is 0.833 bits per heavy atom. The number of nitrogens with one attached hydrogen (secondary N) is 6. The third kappa shape index (κ3) is 14.0. The number of hydrogen-bond acceptors (Lipinski definition) is 8. The molecule has 206 valence electrons. The molecule has 0 amide bonds. The van der Waals surface area contributed by atoms with Crippen LogP contribution in [0.5, 0.6) is 0 Å². The normalized spacial score (nSPS) is 22.9. The first-order valence-electron chi connectivity index (χ1n) is 14.7. The van der Waals surface area contributed by atoms with Crippen molar-refractivity contribution in [1.29, 1.82) is 0 Å². The summed E-state index contributed by atoms with van der Waals surface area (Å²) in [5.74, 6) is 0. The molecule has 8 heteroatoms. The van der Waals surface area contributed by atoms with Crippen LogP contribution in [-0.4, -0.2) is 115 Å². The molecule has 1 aromatic rings. The lowest BCUT2D eigenvalue weighted by Gasteiger charge is -2.25. The van der Waals surface area contributed by atoms with Gasteiger partial charge in [-0.05, 0) is 89.2 Å². The van der Waals surface area contributed by atoms with Crippen molar-refractivity contribution in [3.05, 3.63) is 35.4 Å². The molecule has 6 N–H and O–H groups in total. The molecule has 0 bridgehead atoms. The Hall–Kier alpha value is -1.10. The van der Waals surface area contributed by atoms with Crippen LogP contribution in [0.1, 0.15) is 36.8 Å². The van der Waals surface area contributed by atoms with Gasteiger partial charge in [-0.25, -0.2) is 0 Å². The molecular formula is C28H54N8. The van der Waals surface area contributed by atoms with Crippen LogP contribution >= 0.6 is 0 Å². The van der Waals surface area contributed by atoms with Gasteiger partial charge in [0, 0.05) is 65.4 Å². The van der Waals surface area contributed by atoms with Gasteiger partial charge < -0.3 is 31.9 Å². The summed E-state index contributed by atoms with van der Waals surface area (Å²) in [5, 5.41) is 21.4. The Bertz CT molecular complexity index is 579. The Balaban J connectivity index is 1.50. The topological polar surface area (TPSA) is 78.7 Å². The highest BCUT2D eigenvalue weighted by molar-refractivity contribution is 5.23. The Kier molecular flexibility index (Phi) is 16.3. The van der Waals surface area contributed by atoms with E-state index in [0.717, 1.165) is 118 Å². The molecule has 0 unspecified atom stereocenters. The van der Waals surface area contributed by atoms with Crippen LogP contribution in [-0.2, 0) is 13.1 Å². The Morgan fingerprint density at radius 3 is 1.33 bits per heavy atom. The van der Waals surface area contributed by atoms with E-state index in [1.54, 1.807) is 0 Å². The van der Waals surface area contributed by atoms with E-state index in [-0.39, 0.29) is 0 Å². The van der Waals surface area contributed by atoms with Crippen LogP contribution in [0.15, 0.2) is 24.3 Å². The fourth-order valence-electron chi connectivity index (χ4n) is 5.02. The number of benzene rings is 1. The minimum absolute atomic E-state index is 1.04. The van der Waals surface area contributed by atoms with Crippen molar-refractivity contribution in [1.82, 2.24) is 41.7 Å². The number of hydrogen-bond donors (Lipinski definition) is 6. The molecule has 2 fully saturated rings. The van der Waals surface area contributed by atoms with Gasteiger partial charge in [0.15, 0.2) is 0 Å². The third-order valence-corrected chi connectivity index (χ3v) is 7.04. The SMILES string of the molecule is c1cc(CN2CCCNCCNCCNCCC2)cc(CN2CCCNCCNCCCNCC2)c1. The van der Waals surface area contributed by atoms with Gasteiger partial charge in [0.25, 0.3) is 0 Å². The van der Waals surface area contributed by atoms with Crippen molar-refractivity contribution in [2.45, 2.75) is 38.8 Å². The maximum absolute atomic E-state index is 3.64. The average Bonchev–Trinajstić information content (AvgIpc) is 2.88. The van der Waals surface area contributed by atoms with Crippen LogP contribution in [0.25, 0.3) is 0 Å². The van der Waals surface area contributed by atoms with E-state index < -0.39 is 0 Å². The van der Waals surface area contributed by atoms with Crippen molar-refractivity contribution in [2.75, 3.05) is 105 Å². The molecule has 3 rings (SSSR count). The van der Waals surface area contributed by atoms with E-state index >= 15 is 0 Å². The maximum Gasteiger partial charge on any atom is 0.0234 e. The molecule has 8 nitrogen and oxygen atoms in total. The zero-order valence-corrected chi connectivity index (χ0v) is 22.8. The molecule has 0 atom stereocenters. The smallest absolute Gasteiger partial charge is 0.0234 e. The molecule has 2 aliphatic heterocycles. The van der Waals surface area contributed by atoms with Gasteiger partial charge in [-0.15, -0.1) is 0 Å². The van der Waals surface area contributed by atoms with Crippen LogP contribution in [0, 0.1) is 0 Å². The molecule has 36 heavy (non-hydrogen) atoms. The van der Waals surface area contributed by atoms with E-state index in [2.05, 4.69) is 66.0 Å². The standard InChI is InChI=1S/C28H54N8/c1-6-27(25-35-20-3-10-31-15-17-34-18-16-32-11-4-21-35)24-28(7-1)26-36-22-5-12-30-14-13-29-8-2-9-33-19-23-36/h1,6-7,24,29-34H,2-5,8-23,25-26H2. The average molecular weight is 503 g/mol. The first kappa shape index (κ1) is 29.5. The summed E-state index contributed by atoms with van der Waals surface area (Å²) < 4.78 is 0. The van der Waals surface area contributed by atoms with Crippen molar-refractivity contribution in [2.24, 2.45) is 0 Å². The lowest BCUT2D eigenvalue weighted by Crippen LogP contribution is -2.36. The molecular weight excluding hydrogens is 448 g/mol. The Morgan fingerprint density at radius 1 is 0.444 bits per heavy atom. The molecule has 0 aliphatic carbocycles. The molecule has 0 radical (unpaired) electrons. The molecule has 2 saturated heterocycles. The predicted octanol–water partition coefficient (Wildman–Crippen LogP) is 0.416. The lowest BCUT2D eigenvalue weighted by atomic mass is 10.1. The summed E-state index contributed by atoms with van der Waals surface area (Å²) in [4.78, 5) is 5.28. The molecule has 0 saturated carbocycles. The molecule has 2 heterocycles. The van der Waals surface area contributed by atoms with Gasteiger partial charge in [0.05, 0.1) is 0 Å². The first-order chi connectivity index (χ1) is 17.9. The highest BCUT2D eigenvalue weighted by Crippen LogP contribution is 2.12. The van der Waals surface area contributed by atoms with E-state index in [9.17, 15) is 0 Å². The minimum atomic E-state index is 1.04. The van der Waals surface area contributed by atoms with Gasteiger partial charge in [-0.1, -0.05) is 24.3 Å². The number of nitrogens with zero attached hydrogens (tertiary/aromatic N) is 2. The lowest BCUT2D eigenvalue weighted by molar-refractivity contribution is 0.253. The summed E-state index contributed by atoms with van der Waals surface area (Å²) in [7, 11) is 0. The molecule has 0 aromatic heterocycles. The summed E-state index contributed by atoms with van der Waals surface area (Å²) in [5.41, 5.74) is 2.90. The summed E-state index contributed by atoms with van der Waals surface area (Å²) in [6, 6.07) is 9.36. The second-order valence-corrected chi connectivity index (χ2v) is 10.3. The van der Waals surface area contributed by atoms with Crippen molar-refractivity contribution < 1.29 is 0 Å². The van der Waals surface area contributed by atoms with Gasteiger partial charge in [0.2, 0.25) is 0 Å². The third-order valence-electron chi connectivity index (χ3n) is 7.04. The van der Waals surface area contributed by atoms with Gasteiger partial charge >= 0.3 is 0 Å². The molecule has 0 spiro atoms. The fourth-order valence-corrected chi connectivity index (χ4v) is 5.02. The van der Waals surface area contributed by atoms with Crippen LogP contribution in [0.2, 0.25) is 0 Å². The van der Waals surface area contributed by atoms with E-state index in [4.69, 9.17) is 0 Å². The summed E-state index contributed by atoms with van der Waals surface area (Å²) in [6.45, 7) is 19.6. The summed E-state index contributed by atoms with van der Waals surface area (Å²) in [6.07, 6.45) is 4.81. The van der Waals surface area contributed by atoms with E-state index in [1.807, 2.05) is 0 Å². The van der Waals surface area contributed by atoms with Crippen molar-refractivity contribution in [3.8, 4) is 0 Å². The second-order valence-electron chi connectivity index (χ2n) is 10.3. The van der Waals surface area contributed by atoms with E-state index in [1.165, 1.54) is 36.8 Å². The quantitative estimate of drug-likeness (QED) is 0.354. The van der Waals surface area contributed by atoms with Crippen LogP contribution in [0.3, 0.4) is 0 Å². The summed E-state index contributed by atoms with van der Waals surface area (Å²) >= 11 is 0. The minimum Gasteiger partial charge on any atom is -0.315 e. The molecule has 2 aliphatic rings. The Labute approximate surface area is 220 Å². The second kappa shape index (κ2) is 19.9. The van der Waals surface area contributed by atoms with Crippen molar-refractivity contribution >= 4 is 0 Å². The van der Waals surface area contributed by atoms with E-state index in [0.29, 0.717) is 0 Å². The van der Waals surface area contributed by atoms with Gasteiger partial charge in [0.1, 0.15) is 0 Å². The first-order valence-corrected chi connectivity index (χ1v) is 14.7. The largest absolute Gasteiger partial charge is 0.315 e. The number of rotatable bonds is 4. The monoisotopic (exact) mass is 502 g/mol. The zero-order chi connectivity index (χ0) is 24.9. The maximum atomic E-state index is 3.64. The van der Waals surface area contributed by atoms with Gasteiger partial charge in [-0.3, -0.25) is 9.80 Å². The highest BCUT2D eigenvalue weighted by atomic mass is 15.1. The predicted molar refractivity (Wildman–Crippen MR) is 153 cm³/mol. The zero-order valence-electron chi connectivity index (χ0n) is 22.8. The van der Waals surface area contributed by atoms with Gasteiger partial charge in [-0.2, -0.15) is 0 Å². The van der Waals surface area contributed by atoms with Crippen LogP contribution < -0.4 is 31.9 Å². The molecule has 1 aromatic carbocycles. The van der Waals surface area contributed by atoms with Crippen LogP contribution in [0.4, 0.5) is 0 Å². The van der Waals surface area contributed by atoms with Crippen molar-refractivity contribution in [3.63, 3.8) is 0 Å².